The summed E-state index contributed by atoms with van der Waals surface area (Å²) < 4.78 is 5.65. The van der Waals surface area contributed by atoms with Crippen LogP contribution in [0.2, 0.25) is 0 Å². The number of fused-ring (bicyclic) bond motifs is 2. The van der Waals surface area contributed by atoms with Crippen LogP contribution in [-0.4, -0.2) is 78.7 Å². The van der Waals surface area contributed by atoms with E-state index in [9.17, 15) is 30.5 Å². The molecule has 22 heavy (non-hydrogen) atoms. The van der Waals surface area contributed by atoms with E-state index in [-0.39, 0.29) is 0 Å². The third-order valence-corrected chi connectivity index (χ3v) is 4.65. The molecule has 0 aromatic rings. The Balaban J connectivity index is 2.30. The third kappa shape index (κ3) is 2.43. The highest BCUT2D eigenvalue weighted by Crippen LogP contribution is 2.52. The van der Waals surface area contributed by atoms with Crippen molar-refractivity contribution in [3.05, 3.63) is 22.3 Å². The van der Waals surface area contributed by atoms with E-state index >= 15 is 0 Å². The molecule has 2 bridgehead atoms. The van der Waals surface area contributed by atoms with Crippen LogP contribution in [0.25, 0.3) is 0 Å². The molecule has 5 N–H and O–H groups in total. The Labute approximate surface area is 126 Å². The van der Waals surface area contributed by atoms with Gasteiger partial charge in [0.25, 0.3) is 6.04 Å². The first-order valence-corrected chi connectivity index (χ1v) is 6.94. The van der Waals surface area contributed by atoms with Crippen LogP contribution in [0.4, 0.5) is 0 Å². The number of hydrogen-bond acceptors (Lipinski definition) is 8. The number of aliphatic hydroxyl groups excluding tert-OH is 5. The molecule has 0 unspecified atom stereocenters. The van der Waals surface area contributed by atoms with Gasteiger partial charge in [-0.15, -0.1) is 0 Å². The summed E-state index contributed by atoms with van der Waals surface area (Å²) in [5.41, 5.74) is -2.39. The maximum absolute atomic E-state index is 11.4. The van der Waals surface area contributed by atoms with Gasteiger partial charge in [-0.1, -0.05) is 6.08 Å². The Hall–Kier alpha value is -1.10. The van der Waals surface area contributed by atoms with Crippen LogP contribution in [0.5, 0.6) is 0 Å². The van der Waals surface area contributed by atoms with Crippen LogP contribution in [0.1, 0.15) is 13.8 Å². The fourth-order valence-corrected chi connectivity index (χ4v) is 3.50. The molecule has 2 rings (SSSR count). The van der Waals surface area contributed by atoms with Gasteiger partial charge >= 0.3 is 0 Å². The fourth-order valence-electron chi connectivity index (χ4n) is 3.50. The van der Waals surface area contributed by atoms with Crippen molar-refractivity contribution in [2.75, 3.05) is 6.61 Å². The standard InChI is InChI=1S/C13H21NO8/c1-12-3-4-13(2,22-12)11(14(20)21)7(12)9(18)10(19)8(17)6(16)5-15/h3-4,6-11,15-19H,5H2,1-2H3/t6-,7+,8+,9+,10+,11+,12+,13-/m1/s1. The number of ether oxygens (including phenoxy) is 1. The summed E-state index contributed by atoms with van der Waals surface area (Å²) in [5.74, 6) is -1.12. The second kappa shape index (κ2) is 5.52. The Morgan fingerprint density at radius 1 is 1.18 bits per heavy atom. The predicted octanol–water partition coefficient (Wildman–Crippen LogP) is -2.20. The van der Waals surface area contributed by atoms with E-state index in [1.807, 2.05) is 0 Å². The topological polar surface area (TPSA) is 154 Å². The fraction of sp³-hybridized carbons (Fsp3) is 0.846. The molecule has 0 saturated carbocycles. The van der Waals surface area contributed by atoms with Crippen molar-refractivity contribution in [1.29, 1.82) is 0 Å². The van der Waals surface area contributed by atoms with Gasteiger partial charge in [-0.2, -0.15) is 0 Å². The Morgan fingerprint density at radius 3 is 2.23 bits per heavy atom. The second-order valence-corrected chi connectivity index (χ2v) is 6.28. The van der Waals surface area contributed by atoms with Gasteiger partial charge in [0.1, 0.15) is 18.3 Å². The lowest BCUT2D eigenvalue weighted by Gasteiger charge is -2.35. The van der Waals surface area contributed by atoms with E-state index in [0.29, 0.717) is 0 Å². The average molecular weight is 319 g/mol. The summed E-state index contributed by atoms with van der Waals surface area (Å²) in [6, 6.07) is -1.31. The van der Waals surface area contributed by atoms with Gasteiger partial charge < -0.3 is 30.3 Å². The molecule has 2 heterocycles. The zero-order valence-corrected chi connectivity index (χ0v) is 12.2. The monoisotopic (exact) mass is 319 g/mol. The molecule has 0 spiro atoms. The van der Waals surface area contributed by atoms with E-state index in [4.69, 9.17) is 9.84 Å². The minimum atomic E-state index is -1.87. The lowest BCUT2D eigenvalue weighted by atomic mass is 9.71. The van der Waals surface area contributed by atoms with Crippen LogP contribution in [0.3, 0.4) is 0 Å². The first-order chi connectivity index (χ1) is 10.1. The first kappa shape index (κ1) is 17.3. The van der Waals surface area contributed by atoms with Crippen molar-refractivity contribution in [2.45, 2.75) is 55.5 Å². The number of hydrogen-bond donors (Lipinski definition) is 5. The molecule has 0 aliphatic carbocycles. The second-order valence-electron chi connectivity index (χ2n) is 6.28. The molecule has 126 valence electrons. The number of aliphatic hydroxyl groups is 5. The minimum Gasteiger partial charge on any atom is -0.394 e. The summed E-state index contributed by atoms with van der Waals surface area (Å²) in [6.45, 7) is 2.24. The highest BCUT2D eigenvalue weighted by atomic mass is 16.6. The van der Waals surface area contributed by atoms with Crippen molar-refractivity contribution in [3.63, 3.8) is 0 Å². The van der Waals surface area contributed by atoms with Gasteiger partial charge in [-0.05, 0) is 19.9 Å². The molecule has 0 radical (unpaired) electrons. The van der Waals surface area contributed by atoms with E-state index < -0.39 is 59.1 Å². The lowest BCUT2D eigenvalue weighted by molar-refractivity contribution is -0.543. The molecule has 9 heteroatoms. The van der Waals surface area contributed by atoms with Crippen molar-refractivity contribution < 1.29 is 35.2 Å². The van der Waals surface area contributed by atoms with Crippen molar-refractivity contribution in [3.8, 4) is 0 Å². The maximum Gasteiger partial charge on any atom is 0.253 e. The predicted molar refractivity (Wildman–Crippen MR) is 72.4 cm³/mol. The molecular weight excluding hydrogens is 298 g/mol. The molecule has 8 atom stereocenters. The summed E-state index contributed by atoms with van der Waals surface area (Å²) in [6.07, 6.45) is -3.96. The zero-order chi connectivity index (χ0) is 16.9. The first-order valence-electron chi connectivity index (χ1n) is 6.94. The van der Waals surface area contributed by atoms with Gasteiger partial charge in [0.15, 0.2) is 5.60 Å². The molecule has 1 fully saturated rings. The SMILES string of the molecule is C[C@]12C=C[C@](C)(O1)[C@@H]([C@H](O)[C@@H](O)[C@@H](O)[C@H](O)CO)[C@@H]2[N+](=O)[O-]. The quantitative estimate of drug-likeness (QED) is 0.210. The van der Waals surface area contributed by atoms with E-state index in [0.717, 1.165) is 0 Å². The molecular formula is C13H21NO8. The van der Waals surface area contributed by atoms with Gasteiger partial charge in [0.05, 0.1) is 24.2 Å². The van der Waals surface area contributed by atoms with E-state index in [1.54, 1.807) is 19.1 Å². The van der Waals surface area contributed by atoms with Crippen LogP contribution in [-0.2, 0) is 4.74 Å². The van der Waals surface area contributed by atoms with Crippen LogP contribution < -0.4 is 0 Å². The van der Waals surface area contributed by atoms with Gasteiger partial charge in [0, 0.05) is 4.92 Å². The summed E-state index contributed by atoms with van der Waals surface area (Å²) >= 11 is 0. The Morgan fingerprint density at radius 2 is 1.73 bits per heavy atom. The van der Waals surface area contributed by atoms with Crippen molar-refractivity contribution >= 4 is 0 Å². The van der Waals surface area contributed by atoms with E-state index in [2.05, 4.69) is 0 Å². The third-order valence-electron chi connectivity index (χ3n) is 4.65. The summed E-state index contributed by atoms with van der Waals surface area (Å²) in [7, 11) is 0. The Kier molecular flexibility index (Phi) is 4.33. The summed E-state index contributed by atoms with van der Waals surface area (Å²) in [4.78, 5) is 10.8. The number of rotatable bonds is 6. The van der Waals surface area contributed by atoms with Crippen LogP contribution >= 0.6 is 0 Å². The molecule has 9 nitrogen and oxygen atoms in total. The van der Waals surface area contributed by atoms with Gasteiger partial charge in [-0.3, -0.25) is 10.1 Å². The molecule has 0 aromatic heterocycles. The zero-order valence-electron chi connectivity index (χ0n) is 12.2. The highest BCUT2D eigenvalue weighted by molar-refractivity contribution is 5.29. The average Bonchev–Trinajstić information content (AvgIpc) is 2.89. The van der Waals surface area contributed by atoms with Crippen molar-refractivity contribution in [2.24, 2.45) is 5.92 Å². The smallest absolute Gasteiger partial charge is 0.253 e. The summed E-state index contributed by atoms with van der Waals surface area (Å²) in [5, 5.41) is 59.6. The van der Waals surface area contributed by atoms with Crippen LogP contribution in [0, 0.1) is 16.0 Å². The Bertz CT molecular complexity index is 485. The van der Waals surface area contributed by atoms with Crippen molar-refractivity contribution in [1.82, 2.24) is 0 Å². The molecule has 0 aromatic carbocycles. The van der Waals surface area contributed by atoms with E-state index in [1.165, 1.54) is 6.92 Å². The number of nitrogens with zero attached hydrogens (tertiary/aromatic N) is 1. The molecule has 0 amide bonds. The molecule has 1 saturated heterocycles. The van der Waals surface area contributed by atoms with Gasteiger partial charge in [-0.25, -0.2) is 0 Å². The number of nitro groups is 1. The molecule has 2 aliphatic heterocycles. The minimum absolute atomic E-state index is 0.579. The molecule has 2 aliphatic rings. The van der Waals surface area contributed by atoms with Gasteiger partial charge in [0.2, 0.25) is 0 Å². The normalized spacial score (nSPS) is 42.1. The maximum atomic E-state index is 11.4. The van der Waals surface area contributed by atoms with Crippen LogP contribution in [0.15, 0.2) is 12.2 Å². The highest BCUT2D eigenvalue weighted by Gasteiger charge is 2.69. The largest absolute Gasteiger partial charge is 0.394 e. The lowest BCUT2D eigenvalue weighted by Crippen LogP contribution is -2.57.